The van der Waals surface area contributed by atoms with Crippen molar-refractivity contribution >= 4 is 21.8 Å². The van der Waals surface area contributed by atoms with Crippen molar-refractivity contribution in [3.05, 3.63) is 64.1 Å². The fourth-order valence-electron chi connectivity index (χ4n) is 1.95. The van der Waals surface area contributed by atoms with Crippen molar-refractivity contribution < 1.29 is 9.53 Å². The standard InChI is InChI=1S/C17H18BrNO2/c1-2-19-17(20)11-14-8-9-16(15(18)10-14)21-12-13-6-4-3-5-7-13/h3-10H,2,11-12H2,1H3,(H,19,20). The molecule has 0 saturated heterocycles. The predicted octanol–water partition coefficient (Wildman–Crippen LogP) is 3.71. The maximum absolute atomic E-state index is 11.6. The van der Waals surface area contributed by atoms with Crippen molar-refractivity contribution in [1.29, 1.82) is 0 Å². The molecular weight excluding hydrogens is 330 g/mol. The molecule has 0 aromatic heterocycles. The maximum Gasteiger partial charge on any atom is 0.224 e. The van der Waals surface area contributed by atoms with E-state index in [4.69, 9.17) is 4.74 Å². The molecule has 3 nitrogen and oxygen atoms in total. The van der Waals surface area contributed by atoms with Crippen molar-refractivity contribution in [3.8, 4) is 5.75 Å². The fraction of sp³-hybridized carbons (Fsp3) is 0.235. The van der Waals surface area contributed by atoms with Crippen LogP contribution in [0.25, 0.3) is 0 Å². The number of carbonyl (C=O) groups is 1. The highest BCUT2D eigenvalue weighted by molar-refractivity contribution is 9.10. The molecule has 0 bridgehead atoms. The Hall–Kier alpha value is -1.81. The van der Waals surface area contributed by atoms with Crippen LogP contribution in [0, 0.1) is 0 Å². The summed E-state index contributed by atoms with van der Waals surface area (Å²) in [4.78, 5) is 11.6. The molecule has 0 radical (unpaired) electrons. The number of nitrogens with one attached hydrogen (secondary N) is 1. The van der Waals surface area contributed by atoms with Gasteiger partial charge in [-0.2, -0.15) is 0 Å². The number of hydrogen-bond acceptors (Lipinski definition) is 2. The van der Waals surface area contributed by atoms with Gasteiger partial charge in [-0.3, -0.25) is 4.79 Å². The third kappa shape index (κ3) is 4.90. The van der Waals surface area contributed by atoms with Crippen LogP contribution in [-0.2, 0) is 17.8 Å². The molecule has 110 valence electrons. The number of amides is 1. The summed E-state index contributed by atoms with van der Waals surface area (Å²) >= 11 is 3.49. The topological polar surface area (TPSA) is 38.3 Å². The van der Waals surface area contributed by atoms with Crippen molar-refractivity contribution in [2.75, 3.05) is 6.54 Å². The molecule has 0 aliphatic heterocycles. The zero-order valence-corrected chi connectivity index (χ0v) is 13.5. The smallest absolute Gasteiger partial charge is 0.224 e. The van der Waals surface area contributed by atoms with Gasteiger partial charge >= 0.3 is 0 Å². The Labute approximate surface area is 133 Å². The molecule has 0 atom stereocenters. The Kier molecular flexibility index (Phi) is 5.81. The second-order valence-electron chi connectivity index (χ2n) is 4.67. The molecule has 0 heterocycles. The van der Waals surface area contributed by atoms with E-state index < -0.39 is 0 Å². The summed E-state index contributed by atoms with van der Waals surface area (Å²) in [6, 6.07) is 15.7. The minimum Gasteiger partial charge on any atom is -0.488 e. The number of ether oxygens (including phenoxy) is 1. The van der Waals surface area contributed by atoms with Crippen LogP contribution in [0.1, 0.15) is 18.1 Å². The summed E-state index contributed by atoms with van der Waals surface area (Å²) in [5, 5.41) is 2.79. The minimum absolute atomic E-state index is 0.0300. The van der Waals surface area contributed by atoms with Gasteiger partial charge < -0.3 is 10.1 Å². The molecule has 21 heavy (non-hydrogen) atoms. The predicted molar refractivity (Wildman–Crippen MR) is 87.3 cm³/mol. The van der Waals surface area contributed by atoms with Crippen LogP contribution in [0.15, 0.2) is 53.0 Å². The van der Waals surface area contributed by atoms with Gasteiger partial charge in [0.25, 0.3) is 0 Å². The van der Waals surface area contributed by atoms with Crippen molar-refractivity contribution in [2.24, 2.45) is 0 Å². The number of likely N-dealkylation sites (N-methyl/N-ethyl adjacent to an activating group) is 1. The van der Waals surface area contributed by atoms with Gasteiger partial charge in [-0.05, 0) is 46.1 Å². The number of hydrogen-bond donors (Lipinski definition) is 1. The lowest BCUT2D eigenvalue weighted by Crippen LogP contribution is -2.24. The van der Waals surface area contributed by atoms with Crippen molar-refractivity contribution in [2.45, 2.75) is 20.0 Å². The summed E-state index contributed by atoms with van der Waals surface area (Å²) in [6.07, 6.45) is 0.380. The highest BCUT2D eigenvalue weighted by Gasteiger charge is 2.06. The average Bonchev–Trinajstić information content (AvgIpc) is 2.48. The van der Waals surface area contributed by atoms with E-state index in [1.807, 2.05) is 55.5 Å². The van der Waals surface area contributed by atoms with Gasteiger partial charge in [0.1, 0.15) is 12.4 Å². The number of halogens is 1. The van der Waals surface area contributed by atoms with Crippen LogP contribution in [0.3, 0.4) is 0 Å². The molecule has 0 aliphatic rings. The van der Waals surface area contributed by atoms with Gasteiger partial charge in [0.2, 0.25) is 5.91 Å². The van der Waals surface area contributed by atoms with Crippen LogP contribution < -0.4 is 10.1 Å². The van der Waals surface area contributed by atoms with E-state index in [2.05, 4.69) is 21.2 Å². The highest BCUT2D eigenvalue weighted by Crippen LogP contribution is 2.27. The van der Waals surface area contributed by atoms with E-state index in [9.17, 15) is 4.79 Å². The monoisotopic (exact) mass is 347 g/mol. The van der Waals surface area contributed by atoms with Crippen LogP contribution in [0.5, 0.6) is 5.75 Å². The zero-order chi connectivity index (χ0) is 15.1. The number of carbonyl (C=O) groups excluding carboxylic acids is 1. The Bertz CT molecular complexity index is 599. The first kappa shape index (κ1) is 15.6. The highest BCUT2D eigenvalue weighted by atomic mass is 79.9. The molecule has 2 rings (SSSR count). The number of rotatable bonds is 6. The van der Waals surface area contributed by atoms with Gasteiger partial charge in [-0.1, -0.05) is 36.4 Å². The summed E-state index contributed by atoms with van der Waals surface area (Å²) in [5.41, 5.74) is 2.08. The second kappa shape index (κ2) is 7.84. The van der Waals surface area contributed by atoms with E-state index in [1.165, 1.54) is 0 Å². The third-order valence-electron chi connectivity index (χ3n) is 2.97. The lowest BCUT2D eigenvalue weighted by molar-refractivity contribution is -0.120. The first-order valence-corrected chi connectivity index (χ1v) is 7.70. The Morgan fingerprint density at radius 3 is 2.57 bits per heavy atom. The van der Waals surface area contributed by atoms with Crippen LogP contribution in [0.4, 0.5) is 0 Å². The summed E-state index contributed by atoms with van der Waals surface area (Å²) < 4.78 is 6.64. The first-order valence-electron chi connectivity index (χ1n) is 6.91. The average molecular weight is 348 g/mol. The zero-order valence-electron chi connectivity index (χ0n) is 11.9. The fourth-order valence-corrected chi connectivity index (χ4v) is 2.49. The molecule has 0 saturated carbocycles. The van der Waals surface area contributed by atoms with E-state index in [0.29, 0.717) is 19.6 Å². The first-order chi connectivity index (χ1) is 10.2. The summed E-state index contributed by atoms with van der Waals surface area (Å²) in [7, 11) is 0. The van der Waals surface area contributed by atoms with Gasteiger partial charge in [0, 0.05) is 6.54 Å². The van der Waals surface area contributed by atoms with Gasteiger partial charge in [0.05, 0.1) is 10.9 Å². The maximum atomic E-state index is 11.6. The summed E-state index contributed by atoms with van der Waals surface area (Å²) in [5.74, 6) is 0.806. The molecule has 2 aromatic rings. The van der Waals surface area contributed by atoms with Gasteiger partial charge in [-0.15, -0.1) is 0 Å². The molecule has 0 spiro atoms. The minimum atomic E-state index is 0.0300. The number of benzene rings is 2. The van der Waals surface area contributed by atoms with Crippen molar-refractivity contribution in [1.82, 2.24) is 5.32 Å². The van der Waals surface area contributed by atoms with E-state index >= 15 is 0 Å². The molecule has 1 amide bonds. The lowest BCUT2D eigenvalue weighted by atomic mass is 10.1. The molecule has 4 heteroatoms. The van der Waals surface area contributed by atoms with Gasteiger partial charge in [0.15, 0.2) is 0 Å². The van der Waals surface area contributed by atoms with E-state index in [1.54, 1.807) is 0 Å². The molecule has 1 N–H and O–H groups in total. The lowest BCUT2D eigenvalue weighted by Gasteiger charge is -2.10. The molecule has 0 aliphatic carbocycles. The van der Waals surface area contributed by atoms with Crippen LogP contribution >= 0.6 is 15.9 Å². The Morgan fingerprint density at radius 2 is 1.90 bits per heavy atom. The normalized spacial score (nSPS) is 10.2. The van der Waals surface area contributed by atoms with Crippen LogP contribution in [0.2, 0.25) is 0 Å². The van der Waals surface area contributed by atoms with E-state index in [-0.39, 0.29) is 5.91 Å². The third-order valence-corrected chi connectivity index (χ3v) is 3.59. The molecule has 2 aromatic carbocycles. The Morgan fingerprint density at radius 1 is 1.14 bits per heavy atom. The quantitative estimate of drug-likeness (QED) is 0.864. The second-order valence-corrected chi connectivity index (χ2v) is 5.52. The van der Waals surface area contributed by atoms with Crippen molar-refractivity contribution in [3.63, 3.8) is 0 Å². The van der Waals surface area contributed by atoms with Gasteiger partial charge in [-0.25, -0.2) is 0 Å². The summed E-state index contributed by atoms with van der Waals surface area (Å²) in [6.45, 7) is 3.09. The molecular formula is C17H18BrNO2. The van der Waals surface area contributed by atoms with Crippen LogP contribution in [-0.4, -0.2) is 12.5 Å². The van der Waals surface area contributed by atoms with E-state index in [0.717, 1.165) is 21.3 Å². The largest absolute Gasteiger partial charge is 0.488 e. The SMILES string of the molecule is CCNC(=O)Cc1ccc(OCc2ccccc2)c(Br)c1. The molecule has 0 fully saturated rings. The Balaban J connectivity index is 1.97. The molecule has 0 unspecified atom stereocenters.